The Morgan fingerprint density at radius 1 is 1.47 bits per heavy atom. The smallest absolute Gasteiger partial charge is 0.316 e. The average molecular weight is 241 g/mol. The molecule has 98 valence electrons. The Kier molecular flexibility index (Phi) is 3.21. The Balaban J connectivity index is 2.09. The first-order valence-electron chi connectivity index (χ1n) is 6.50. The monoisotopic (exact) mass is 241 g/mol. The summed E-state index contributed by atoms with van der Waals surface area (Å²) in [7, 11) is 0. The highest BCUT2D eigenvalue weighted by Crippen LogP contribution is 2.52. The van der Waals surface area contributed by atoms with Crippen LogP contribution >= 0.6 is 0 Å². The summed E-state index contributed by atoms with van der Waals surface area (Å²) >= 11 is 0. The van der Waals surface area contributed by atoms with Crippen LogP contribution in [0.25, 0.3) is 0 Å². The van der Waals surface area contributed by atoms with Crippen molar-refractivity contribution in [2.75, 3.05) is 6.61 Å². The molecule has 0 unspecified atom stereocenters. The van der Waals surface area contributed by atoms with Gasteiger partial charge in [-0.3, -0.25) is 10.1 Å². The molecule has 4 nitrogen and oxygen atoms in total. The minimum absolute atomic E-state index is 0.0183. The van der Waals surface area contributed by atoms with Gasteiger partial charge in [0.2, 0.25) is 0 Å². The van der Waals surface area contributed by atoms with E-state index in [-0.39, 0.29) is 23.8 Å². The number of hydrogen-bond donors (Lipinski definition) is 1. The van der Waals surface area contributed by atoms with Gasteiger partial charge < -0.3 is 9.47 Å². The van der Waals surface area contributed by atoms with E-state index in [1.165, 1.54) is 0 Å². The summed E-state index contributed by atoms with van der Waals surface area (Å²) in [6.45, 7) is 8.65. The fourth-order valence-electron chi connectivity index (χ4n) is 2.70. The van der Waals surface area contributed by atoms with Crippen molar-refractivity contribution in [3.05, 3.63) is 0 Å². The molecular formula is C13H23NO3. The molecule has 1 aliphatic heterocycles. The van der Waals surface area contributed by atoms with E-state index in [0.29, 0.717) is 6.61 Å². The van der Waals surface area contributed by atoms with E-state index >= 15 is 0 Å². The number of hydrogen-bond acceptors (Lipinski definition) is 4. The normalized spacial score (nSPS) is 34.1. The number of carbonyl (C=O) groups excluding carboxylic acids is 1. The van der Waals surface area contributed by atoms with Crippen LogP contribution in [-0.4, -0.2) is 30.4 Å². The molecule has 0 radical (unpaired) electrons. The van der Waals surface area contributed by atoms with Crippen LogP contribution in [0.4, 0.5) is 0 Å². The Morgan fingerprint density at radius 2 is 2.12 bits per heavy atom. The van der Waals surface area contributed by atoms with Gasteiger partial charge in [-0.2, -0.15) is 0 Å². The quantitative estimate of drug-likeness (QED) is 0.766. The van der Waals surface area contributed by atoms with Gasteiger partial charge in [0.25, 0.3) is 0 Å². The molecule has 1 aliphatic carbocycles. The van der Waals surface area contributed by atoms with E-state index in [1.807, 2.05) is 6.92 Å². The molecule has 0 aromatic carbocycles. The molecule has 2 rings (SSSR count). The van der Waals surface area contributed by atoms with Crippen molar-refractivity contribution < 1.29 is 14.3 Å². The molecule has 0 aromatic heterocycles. The van der Waals surface area contributed by atoms with Gasteiger partial charge in [0.15, 0.2) is 0 Å². The maximum absolute atomic E-state index is 12.0. The second-order valence-electron chi connectivity index (χ2n) is 5.94. The van der Waals surface area contributed by atoms with Crippen LogP contribution in [0.5, 0.6) is 0 Å². The Morgan fingerprint density at radius 3 is 2.59 bits per heavy atom. The highest BCUT2D eigenvalue weighted by molar-refractivity contribution is 5.80. The molecule has 0 amide bonds. The molecule has 0 aromatic rings. The van der Waals surface area contributed by atoms with Crippen molar-refractivity contribution in [2.45, 2.75) is 64.8 Å². The van der Waals surface area contributed by atoms with Gasteiger partial charge in [-0.15, -0.1) is 0 Å². The first-order valence-corrected chi connectivity index (χ1v) is 6.50. The van der Waals surface area contributed by atoms with Crippen molar-refractivity contribution in [3.8, 4) is 0 Å². The van der Waals surface area contributed by atoms with Gasteiger partial charge in [-0.1, -0.05) is 0 Å². The number of carbonyl (C=O) groups is 1. The van der Waals surface area contributed by atoms with E-state index in [4.69, 9.17) is 9.47 Å². The van der Waals surface area contributed by atoms with Crippen LogP contribution in [0.1, 0.15) is 47.0 Å². The van der Waals surface area contributed by atoms with E-state index < -0.39 is 5.41 Å². The molecular weight excluding hydrogens is 218 g/mol. The second kappa shape index (κ2) is 4.25. The zero-order chi connectivity index (χ0) is 12.7. The zero-order valence-corrected chi connectivity index (χ0v) is 11.2. The maximum atomic E-state index is 12.0. The van der Waals surface area contributed by atoms with Crippen LogP contribution in [0.3, 0.4) is 0 Å². The predicted octanol–water partition coefficient (Wildman–Crippen LogP) is 1.83. The Labute approximate surface area is 103 Å². The van der Waals surface area contributed by atoms with Gasteiger partial charge >= 0.3 is 5.97 Å². The number of ether oxygens (including phenoxy) is 2. The maximum Gasteiger partial charge on any atom is 0.316 e. The topological polar surface area (TPSA) is 47.6 Å². The highest BCUT2D eigenvalue weighted by Gasteiger charge is 2.60. The summed E-state index contributed by atoms with van der Waals surface area (Å²) in [6.07, 6.45) is 2.68. The first-order chi connectivity index (χ1) is 7.89. The van der Waals surface area contributed by atoms with Crippen molar-refractivity contribution in [1.82, 2.24) is 5.32 Å². The van der Waals surface area contributed by atoms with Crippen molar-refractivity contribution in [3.63, 3.8) is 0 Å². The molecule has 2 fully saturated rings. The van der Waals surface area contributed by atoms with Crippen LogP contribution in [0.2, 0.25) is 0 Å². The summed E-state index contributed by atoms with van der Waals surface area (Å²) in [5.41, 5.74) is -0.410. The van der Waals surface area contributed by atoms with Crippen LogP contribution < -0.4 is 5.32 Å². The Bertz CT molecular complexity index is 310. The minimum atomic E-state index is -0.429. The van der Waals surface area contributed by atoms with Gasteiger partial charge in [-0.25, -0.2) is 0 Å². The van der Waals surface area contributed by atoms with Gasteiger partial charge in [-0.05, 0) is 47.0 Å². The lowest BCUT2D eigenvalue weighted by Gasteiger charge is -2.43. The van der Waals surface area contributed by atoms with E-state index in [9.17, 15) is 4.79 Å². The molecule has 1 saturated carbocycles. The summed E-state index contributed by atoms with van der Waals surface area (Å²) < 4.78 is 11.1. The van der Waals surface area contributed by atoms with Crippen LogP contribution in [0, 0.1) is 5.41 Å². The molecule has 2 aliphatic rings. The largest absolute Gasteiger partial charge is 0.465 e. The molecule has 1 heterocycles. The number of esters is 1. The van der Waals surface area contributed by atoms with Crippen molar-refractivity contribution in [2.24, 2.45) is 5.41 Å². The number of nitrogens with one attached hydrogen (secondary N) is 1. The number of rotatable bonds is 3. The standard InChI is InChI=1S/C13H23NO3/c1-5-16-11(15)13(6-7-13)10-14-12(3,4)8-9(2)17-10/h9-10,14H,5-8H2,1-4H3/t9-,10-/m1/s1. The van der Waals surface area contributed by atoms with Crippen LogP contribution in [-0.2, 0) is 14.3 Å². The summed E-state index contributed by atoms with van der Waals surface area (Å²) in [5.74, 6) is -0.109. The lowest BCUT2D eigenvalue weighted by molar-refractivity contribution is -0.169. The molecule has 2 atom stereocenters. The summed E-state index contributed by atoms with van der Waals surface area (Å²) in [6, 6.07) is 0. The van der Waals surface area contributed by atoms with Crippen molar-refractivity contribution >= 4 is 5.97 Å². The third kappa shape index (κ3) is 2.47. The lowest BCUT2D eigenvalue weighted by Crippen LogP contribution is -2.59. The van der Waals surface area contributed by atoms with Crippen molar-refractivity contribution in [1.29, 1.82) is 0 Å². The summed E-state index contributed by atoms with van der Waals surface area (Å²) in [5, 5.41) is 3.44. The van der Waals surface area contributed by atoms with Gasteiger partial charge in [0.05, 0.1) is 12.7 Å². The summed E-state index contributed by atoms with van der Waals surface area (Å²) in [4.78, 5) is 12.0. The van der Waals surface area contributed by atoms with Gasteiger partial charge in [0.1, 0.15) is 11.6 Å². The van der Waals surface area contributed by atoms with E-state index in [0.717, 1.165) is 19.3 Å². The zero-order valence-electron chi connectivity index (χ0n) is 11.2. The molecule has 4 heteroatoms. The lowest BCUT2D eigenvalue weighted by atomic mass is 9.92. The molecule has 0 spiro atoms. The second-order valence-corrected chi connectivity index (χ2v) is 5.94. The average Bonchev–Trinajstić information content (AvgIpc) is 2.95. The van der Waals surface area contributed by atoms with Crippen LogP contribution in [0.15, 0.2) is 0 Å². The molecule has 17 heavy (non-hydrogen) atoms. The molecule has 0 bridgehead atoms. The third-order valence-corrected chi connectivity index (χ3v) is 3.66. The fourth-order valence-corrected chi connectivity index (χ4v) is 2.70. The predicted molar refractivity (Wildman–Crippen MR) is 64.5 cm³/mol. The van der Waals surface area contributed by atoms with E-state index in [2.05, 4.69) is 26.1 Å². The Hall–Kier alpha value is -0.610. The third-order valence-electron chi connectivity index (χ3n) is 3.66. The first kappa shape index (κ1) is 12.8. The SMILES string of the molecule is CCOC(=O)C1([C@@H]2NC(C)(C)C[C@@H](C)O2)CC1. The molecule has 1 N–H and O–H groups in total. The van der Waals surface area contributed by atoms with Gasteiger partial charge in [0, 0.05) is 5.54 Å². The highest BCUT2D eigenvalue weighted by atomic mass is 16.5. The minimum Gasteiger partial charge on any atom is -0.465 e. The molecule has 1 saturated heterocycles. The van der Waals surface area contributed by atoms with E-state index in [1.54, 1.807) is 0 Å². The fraction of sp³-hybridized carbons (Fsp3) is 0.923.